The molecule has 3 aliphatic rings. The lowest BCUT2D eigenvalue weighted by Crippen LogP contribution is -2.72. The molecule has 4 rings (SSSR count). The van der Waals surface area contributed by atoms with E-state index in [1.807, 2.05) is 0 Å². The summed E-state index contributed by atoms with van der Waals surface area (Å²) >= 11 is 0. The summed E-state index contributed by atoms with van der Waals surface area (Å²) in [4.78, 5) is 0. The minimum Gasteiger partial charge on any atom is -0.380 e. The number of nitrogens with one attached hydrogen (secondary N) is 2. The number of hydrogen-bond donors (Lipinski definition) is 2. The number of anilines is 1. The number of hydrogen-bond acceptors (Lipinski definition) is 2. The van der Waals surface area contributed by atoms with E-state index in [9.17, 15) is 0 Å². The molecule has 1 heterocycles. The predicted octanol–water partition coefficient (Wildman–Crippen LogP) is 4.97. The maximum atomic E-state index is 3.99. The summed E-state index contributed by atoms with van der Waals surface area (Å²) in [6.45, 7) is 7.98. The van der Waals surface area contributed by atoms with Crippen molar-refractivity contribution < 1.29 is 0 Å². The lowest BCUT2D eigenvalue weighted by Gasteiger charge is -2.62. The van der Waals surface area contributed by atoms with E-state index in [0.29, 0.717) is 6.04 Å². The fourth-order valence-corrected chi connectivity index (χ4v) is 5.81. The molecule has 2 heteroatoms. The lowest BCUT2D eigenvalue weighted by atomic mass is 9.50. The maximum Gasteiger partial charge on any atom is 0.0632 e. The summed E-state index contributed by atoms with van der Waals surface area (Å²) in [7, 11) is 0. The van der Waals surface area contributed by atoms with Crippen LogP contribution in [0.15, 0.2) is 29.8 Å². The molecule has 1 aromatic rings. The van der Waals surface area contributed by atoms with Gasteiger partial charge in [-0.3, -0.25) is 0 Å². The van der Waals surface area contributed by atoms with E-state index in [1.165, 1.54) is 55.3 Å². The van der Waals surface area contributed by atoms with Gasteiger partial charge in [-0.1, -0.05) is 43.5 Å². The van der Waals surface area contributed by atoms with Crippen LogP contribution in [0.1, 0.15) is 56.6 Å². The van der Waals surface area contributed by atoms with Gasteiger partial charge in [-0.2, -0.15) is 0 Å². The van der Waals surface area contributed by atoms with Crippen LogP contribution in [0, 0.1) is 25.7 Å². The Bertz CT molecular complexity index is 627. The first kappa shape index (κ1) is 16.2. The summed E-state index contributed by atoms with van der Waals surface area (Å²) < 4.78 is 0. The van der Waals surface area contributed by atoms with Crippen LogP contribution in [0.25, 0.3) is 0 Å². The van der Waals surface area contributed by atoms with Crippen molar-refractivity contribution in [2.45, 2.75) is 70.9 Å². The van der Waals surface area contributed by atoms with Crippen molar-refractivity contribution >= 4 is 5.69 Å². The Morgan fingerprint density at radius 1 is 1.12 bits per heavy atom. The van der Waals surface area contributed by atoms with E-state index in [4.69, 9.17) is 0 Å². The highest BCUT2D eigenvalue weighted by atomic mass is 15.1. The van der Waals surface area contributed by atoms with Crippen molar-refractivity contribution in [1.82, 2.24) is 5.32 Å². The predicted molar refractivity (Wildman–Crippen MR) is 102 cm³/mol. The fourth-order valence-electron chi connectivity index (χ4n) is 5.81. The van der Waals surface area contributed by atoms with Crippen LogP contribution in [0.4, 0.5) is 5.69 Å². The zero-order valence-corrected chi connectivity index (χ0v) is 15.5. The van der Waals surface area contributed by atoms with Gasteiger partial charge < -0.3 is 10.6 Å². The Balaban J connectivity index is 1.65. The summed E-state index contributed by atoms with van der Waals surface area (Å²) in [6, 6.07) is 7.04. The van der Waals surface area contributed by atoms with E-state index in [1.54, 1.807) is 5.57 Å². The van der Waals surface area contributed by atoms with Gasteiger partial charge in [0, 0.05) is 11.7 Å². The van der Waals surface area contributed by atoms with E-state index >= 15 is 0 Å². The van der Waals surface area contributed by atoms with Gasteiger partial charge in [-0.05, 0) is 75.1 Å². The Hall–Kier alpha value is -1.28. The second kappa shape index (κ2) is 6.22. The average Bonchev–Trinajstić information content (AvgIpc) is 2.79. The largest absolute Gasteiger partial charge is 0.380 e. The number of aryl methyl sites for hydroxylation is 2. The van der Waals surface area contributed by atoms with Crippen molar-refractivity contribution in [2.75, 3.05) is 11.9 Å². The van der Waals surface area contributed by atoms with Crippen molar-refractivity contribution in [3.8, 4) is 0 Å². The number of rotatable bonds is 3. The molecule has 0 bridgehead atoms. The third-order valence-corrected chi connectivity index (χ3v) is 6.93. The summed E-state index contributed by atoms with van der Waals surface area (Å²) in [5.41, 5.74) is 5.98. The van der Waals surface area contributed by atoms with Crippen molar-refractivity contribution in [3.05, 3.63) is 41.0 Å². The molecule has 2 saturated carbocycles. The van der Waals surface area contributed by atoms with Crippen molar-refractivity contribution in [2.24, 2.45) is 11.8 Å². The first-order chi connectivity index (χ1) is 11.6. The molecule has 0 saturated heterocycles. The Morgan fingerprint density at radius 2 is 1.88 bits per heavy atom. The smallest absolute Gasteiger partial charge is 0.0632 e. The molecule has 2 N–H and O–H groups in total. The summed E-state index contributed by atoms with van der Waals surface area (Å²) in [6.07, 6.45) is 10.8. The molecule has 1 aromatic carbocycles. The molecule has 130 valence electrons. The number of fused-ring (bicyclic) bond motifs is 4. The zero-order chi connectivity index (χ0) is 16.7. The SMILES string of the molecule is Cc1cccc(C)c1NC(C)C12NCCC=C1C1CCCCCC12. The molecule has 24 heavy (non-hydrogen) atoms. The van der Waals surface area contributed by atoms with Crippen LogP contribution in [0.3, 0.4) is 0 Å². The first-order valence-corrected chi connectivity index (χ1v) is 9.93. The molecule has 4 atom stereocenters. The van der Waals surface area contributed by atoms with Crippen LogP contribution >= 0.6 is 0 Å². The molecular weight excluding hydrogens is 292 g/mol. The second-order valence-corrected chi connectivity index (χ2v) is 8.23. The minimum absolute atomic E-state index is 0.196. The van der Waals surface area contributed by atoms with Gasteiger partial charge in [0.15, 0.2) is 0 Å². The Kier molecular flexibility index (Phi) is 4.20. The Morgan fingerprint density at radius 3 is 2.67 bits per heavy atom. The van der Waals surface area contributed by atoms with Crippen LogP contribution in [0.5, 0.6) is 0 Å². The van der Waals surface area contributed by atoms with Gasteiger partial charge in [-0.15, -0.1) is 0 Å². The normalized spacial score (nSPS) is 33.4. The standard InChI is InChI=1S/C22H32N2/c1-15-9-7-10-16(2)21(15)24-17(3)22-19-12-6-4-5-11-18(19)20(22)13-8-14-23-22/h7,9-10,13,17-19,23-24H,4-6,8,11-12,14H2,1-3H3. The highest BCUT2D eigenvalue weighted by molar-refractivity contribution is 5.59. The molecule has 0 amide bonds. The van der Waals surface area contributed by atoms with Crippen LogP contribution in [0.2, 0.25) is 0 Å². The van der Waals surface area contributed by atoms with Crippen LogP contribution in [-0.2, 0) is 0 Å². The highest BCUT2D eigenvalue weighted by Crippen LogP contribution is 2.57. The third-order valence-electron chi connectivity index (χ3n) is 6.93. The topological polar surface area (TPSA) is 24.1 Å². The van der Waals surface area contributed by atoms with E-state index in [0.717, 1.165) is 18.4 Å². The van der Waals surface area contributed by atoms with Crippen LogP contribution < -0.4 is 10.6 Å². The van der Waals surface area contributed by atoms with E-state index in [-0.39, 0.29) is 5.54 Å². The Labute approximate surface area is 147 Å². The molecule has 4 unspecified atom stereocenters. The first-order valence-electron chi connectivity index (χ1n) is 9.93. The van der Waals surface area contributed by atoms with Gasteiger partial charge in [0.05, 0.1) is 5.54 Å². The molecule has 1 aliphatic heterocycles. The molecular formula is C22H32N2. The molecule has 2 aliphatic carbocycles. The molecule has 0 spiro atoms. The van der Waals surface area contributed by atoms with Crippen molar-refractivity contribution in [1.29, 1.82) is 0 Å². The molecule has 0 radical (unpaired) electrons. The van der Waals surface area contributed by atoms with E-state index < -0.39 is 0 Å². The molecule has 2 nitrogen and oxygen atoms in total. The van der Waals surface area contributed by atoms with Gasteiger partial charge in [0.1, 0.15) is 0 Å². The summed E-state index contributed by atoms with van der Waals surface area (Å²) in [5, 5.41) is 7.91. The fraction of sp³-hybridized carbons (Fsp3) is 0.636. The molecule has 0 aromatic heterocycles. The van der Waals surface area contributed by atoms with Crippen LogP contribution in [-0.4, -0.2) is 18.1 Å². The number of para-hydroxylation sites is 1. The van der Waals surface area contributed by atoms with Gasteiger partial charge in [-0.25, -0.2) is 0 Å². The number of benzene rings is 1. The molecule has 2 fully saturated rings. The van der Waals surface area contributed by atoms with E-state index in [2.05, 4.69) is 55.7 Å². The van der Waals surface area contributed by atoms with Crippen molar-refractivity contribution in [3.63, 3.8) is 0 Å². The monoisotopic (exact) mass is 324 g/mol. The highest BCUT2D eigenvalue weighted by Gasteiger charge is 2.60. The quantitative estimate of drug-likeness (QED) is 0.767. The maximum absolute atomic E-state index is 3.99. The second-order valence-electron chi connectivity index (χ2n) is 8.23. The average molecular weight is 325 g/mol. The summed E-state index contributed by atoms with van der Waals surface area (Å²) in [5.74, 6) is 1.67. The third kappa shape index (κ3) is 2.34. The van der Waals surface area contributed by atoms with Gasteiger partial charge in [0.2, 0.25) is 0 Å². The minimum atomic E-state index is 0.196. The lowest BCUT2D eigenvalue weighted by molar-refractivity contribution is 0.0629. The zero-order valence-electron chi connectivity index (χ0n) is 15.5. The van der Waals surface area contributed by atoms with Gasteiger partial charge in [0.25, 0.3) is 0 Å². The van der Waals surface area contributed by atoms with Gasteiger partial charge >= 0.3 is 0 Å².